The number of hydrogen-bond acceptors (Lipinski definition) is 4. The van der Waals surface area contributed by atoms with Crippen molar-refractivity contribution in [3.8, 4) is 0 Å². The third-order valence-corrected chi connectivity index (χ3v) is 5.54. The topological polar surface area (TPSA) is 30.9 Å². The molecule has 0 aromatic carbocycles. The van der Waals surface area contributed by atoms with Gasteiger partial charge in [-0.1, -0.05) is 0 Å². The maximum atomic E-state index is 6.32. The lowest BCUT2D eigenvalue weighted by Crippen LogP contribution is -2.40. The Morgan fingerprint density at radius 3 is 2.00 bits per heavy atom. The van der Waals surface area contributed by atoms with Gasteiger partial charge in [0, 0.05) is 19.6 Å². The number of likely N-dealkylation sites (tertiary alicyclic amines) is 1. The van der Waals surface area contributed by atoms with Crippen molar-refractivity contribution < 1.29 is 14.2 Å². The fourth-order valence-corrected chi connectivity index (χ4v) is 4.45. The number of ether oxygens (including phenoxy) is 3. The first-order valence-electron chi connectivity index (χ1n) is 9.64. The van der Waals surface area contributed by atoms with Gasteiger partial charge in [0.1, 0.15) is 0 Å². The van der Waals surface area contributed by atoms with Crippen molar-refractivity contribution in [2.45, 2.75) is 83.9 Å². The second kappa shape index (κ2) is 7.81. The normalized spacial score (nSPS) is 37.6. The molecule has 3 rings (SSSR count). The van der Waals surface area contributed by atoms with Crippen molar-refractivity contribution in [3.63, 3.8) is 0 Å². The van der Waals surface area contributed by atoms with E-state index >= 15 is 0 Å². The van der Waals surface area contributed by atoms with Gasteiger partial charge in [-0.25, -0.2) is 0 Å². The van der Waals surface area contributed by atoms with E-state index in [-0.39, 0.29) is 0 Å². The Labute approximate surface area is 141 Å². The van der Waals surface area contributed by atoms with Crippen LogP contribution in [-0.2, 0) is 14.2 Å². The maximum Gasteiger partial charge on any atom is 0.0628 e. The van der Waals surface area contributed by atoms with Crippen molar-refractivity contribution in [1.29, 1.82) is 0 Å². The Morgan fingerprint density at radius 2 is 1.43 bits per heavy atom. The molecular formula is C19H35NO3. The molecule has 1 unspecified atom stereocenters. The zero-order chi connectivity index (χ0) is 16.4. The molecule has 0 radical (unpaired) electrons. The SMILES string of the molecule is CC(C)OCCN1C[C@H]2CC(O[C@H]3C[C@H](OC(C)C)C3)C[C@H]2C1. The summed E-state index contributed by atoms with van der Waals surface area (Å²) in [5.41, 5.74) is 0. The molecule has 134 valence electrons. The summed E-state index contributed by atoms with van der Waals surface area (Å²) in [4.78, 5) is 2.59. The fourth-order valence-electron chi connectivity index (χ4n) is 4.45. The fraction of sp³-hybridized carbons (Fsp3) is 1.00. The lowest BCUT2D eigenvalue weighted by Gasteiger charge is -2.37. The first-order chi connectivity index (χ1) is 11.0. The Bertz CT molecular complexity index is 354. The van der Waals surface area contributed by atoms with Crippen LogP contribution < -0.4 is 0 Å². The summed E-state index contributed by atoms with van der Waals surface area (Å²) in [5, 5.41) is 0. The highest BCUT2D eigenvalue weighted by atomic mass is 16.5. The zero-order valence-corrected chi connectivity index (χ0v) is 15.4. The van der Waals surface area contributed by atoms with Crippen molar-refractivity contribution in [3.05, 3.63) is 0 Å². The predicted molar refractivity (Wildman–Crippen MR) is 91.6 cm³/mol. The molecule has 2 aliphatic carbocycles. The first-order valence-corrected chi connectivity index (χ1v) is 9.64. The highest BCUT2D eigenvalue weighted by Crippen LogP contribution is 2.41. The molecule has 4 heteroatoms. The molecule has 1 saturated heterocycles. The number of nitrogens with zero attached hydrogens (tertiary/aromatic N) is 1. The summed E-state index contributed by atoms with van der Waals surface area (Å²) in [5.74, 6) is 1.70. The van der Waals surface area contributed by atoms with Crippen LogP contribution in [0.4, 0.5) is 0 Å². The summed E-state index contributed by atoms with van der Waals surface area (Å²) in [6.45, 7) is 12.9. The second-order valence-corrected chi connectivity index (χ2v) is 8.33. The van der Waals surface area contributed by atoms with Gasteiger partial charge in [0.2, 0.25) is 0 Å². The van der Waals surface area contributed by atoms with Crippen LogP contribution in [0.5, 0.6) is 0 Å². The summed E-state index contributed by atoms with van der Waals surface area (Å²) in [6, 6.07) is 0. The van der Waals surface area contributed by atoms with E-state index < -0.39 is 0 Å². The monoisotopic (exact) mass is 325 g/mol. The average Bonchev–Trinajstić information content (AvgIpc) is 2.93. The van der Waals surface area contributed by atoms with Crippen LogP contribution in [0, 0.1) is 11.8 Å². The zero-order valence-electron chi connectivity index (χ0n) is 15.4. The predicted octanol–water partition coefficient (Wildman–Crippen LogP) is 3.09. The van der Waals surface area contributed by atoms with Crippen LogP contribution in [0.25, 0.3) is 0 Å². The molecule has 3 atom stereocenters. The molecule has 0 aromatic heterocycles. The van der Waals surface area contributed by atoms with Gasteiger partial charge in [0.25, 0.3) is 0 Å². The molecule has 4 nitrogen and oxygen atoms in total. The van der Waals surface area contributed by atoms with Crippen LogP contribution in [0.15, 0.2) is 0 Å². The minimum absolute atomic E-state index is 0.345. The molecule has 3 aliphatic rings. The van der Waals surface area contributed by atoms with Crippen molar-refractivity contribution in [1.82, 2.24) is 4.90 Å². The van der Waals surface area contributed by atoms with Gasteiger partial charge in [-0.3, -0.25) is 0 Å². The van der Waals surface area contributed by atoms with E-state index in [0.717, 1.165) is 37.8 Å². The quantitative estimate of drug-likeness (QED) is 0.686. The molecule has 2 saturated carbocycles. The number of hydrogen-bond donors (Lipinski definition) is 0. The molecule has 1 aliphatic heterocycles. The highest BCUT2D eigenvalue weighted by molar-refractivity contribution is 4.94. The number of rotatable bonds is 8. The summed E-state index contributed by atoms with van der Waals surface area (Å²) < 4.78 is 17.8. The Kier molecular flexibility index (Phi) is 6.00. The highest BCUT2D eigenvalue weighted by Gasteiger charge is 2.43. The molecule has 0 bridgehead atoms. The standard InChI is InChI=1S/C19H35NO3/c1-13(2)21-6-5-20-11-15-7-17(8-16(15)12-20)23-19-9-18(10-19)22-14(3)4/h13-19H,5-12H2,1-4H3/t15-,16+,17?,18-,19-. The van der Waals surface area contributed by atoms with Crippen molar-refractivity contribution in [2.24, 2.45) is 11.8 Å². The minimum atomic E-state index is 0.345. The molecule has 23 heavy (non-hydrogen) atoms. The van der Waals surface area contributed by atoms with Crippen molar-refractivity contribution >= 4 is 0 Å². The Morgan fingerprint density at radius 1 is 0.826 bits per heavy atom. The van der Waals surface area contributed by atoms with E-state index in [0.29, 0.717) is 30.5 Å². The van der Waals surface area contributed by atoms with E-state index in [1.165, 1.54) is 25.9 Å². The summed E-state index contributed by atoms with van der Waals surface area (Å²) in [7, 11) is 0. The smallest absolute Gasteiger partial charge is 0.0628 e. The van der Waals surface area contributed by atoms with Gasteiger partial charge < -0.3 is 19.1 Å². The first kappa shape index (κ1) is 17.7. The van der Waals surface area contributed by atoms with Crippen LogP contribution in [0.3, 0.4) is 0 Å². The van der Waals surface area contributed by atoms with E-state index in [2.05, 4.69) is 32.6 Å². The lowest BCUT2D eigenvalue weighted by atomic mass is 9.91. The van der Waals surface area contributed by atoms with E-state index in [4.69, 9.17) is 14.2 Å². The molecule has 0 amide bonds. The van der Waals surface area contributed by atoms with E-state index in [9.17, 15) is 0 Å². The van der Waals surface area contributed by atoms with Crippen LogP contribution in [-0.4, -0.2) is 61.7 Å². The Balaban J connectivity index is 1.30. The molecule has 0 N–H and O–H groups in total. The molecule has 0 spiro atoms. The van der Waals surface area contributed by atoms with Crippen LogP contribution >= 0.6 is 0 Å². The number of fused-ring (bicyclic) bond motifs is 1. The van der Waals surface area contributed by atoms with E-state index in [1.807, 2.05) is 0 Å². The average molecular weight is 325 g/mol. The molecular weight excluding hydrogens is 290 g/mol. The Hall–Kier alpha value is -0.160. The van der Waals surface area contributed by atoms with Gasteiger partial charge in [-0.2, -0.15) is 0 Å². The van der Waals surface area contributed by atoms with Crippen LogP contribution in [0.2, 0.25) is 0 Å². The molecule has 3 fully saturated rings. The molecule has 1 heterocycles. The largest absolute Gasteiger partial charge is 0.377 e. The van der Waals surface area contributed by atoms with Gasteiger partial charge >= 0.3 is 0 Å². The van der Waals surface area contributed by atoms with Gasteiger partial charge in [-0.15, -0.1) is 0 Å². The van der Waals surface area contributed by atoms with E-state index in [1.54, 1.807) is 0 Å². The van der Waals surface area contributed by atoms with Gasteiger partial charge in [0.05, 0.1) is 37.1 Å². The minimum Gasteiger partial charge on any atom is -0.377 e. The molecule has 0 aromatic rings. The third-order valence-electron chi connectivity index (χ3n) is 5.54. The van der Waals surface area contributed by atoms with Gasteiger partial charge in [-0.05, 0) is 65.2 Å². The maximum absolute atomic E-state index is 6.32. The lowest BCUT2D eigenvalue weighted by molar-refractivity contribution is -0.138. The third kappa shape index (κ3) is 4.91. The second-order valence-electron chi connectivity index (χ2n) is 8.33. The summed E-state index contributed by atoms with van der Waals surface area (Å²) in [6.07, 6.45) is 6.82. The summed E-state index contributed by atoms with van der Waals surface area (Å²) >= 11 is 0. The van der Waals surface area contributed by atoms with Gasteiger partial charge in [0.15, 0.2) is 0 Å². The van der Waals surface area contributed by atoms with Crippen LogP contribution in [0.1, 0.15) is 53.4 Å². The van der Waals surface area contributed by atoms with Crippen molar-refractivity contribution in [2.75, 3.05) is 26.2 Å².